The van der Waals surface area contributed by atoms with E-state index in [1.165, 1.54) is 11.9 Å². The first-order valence-corrected chi connectivity index (χ1v) is 7.68. The van der Waals surface area contributed by atoms with Crippen molar-refractivity contribution in [2.45, 2.75) is 19.8 Å². The number of anilines is 2. The summed E-state index contributed by atoms with van der Waals surface area (Å²) in [7, 11) is 1.64. The Balaban J connectivity index is 2.03. The number of nitrogens with one attached hydrogen (secondary N) is 2. The van der Waals surface area contributed by atoms with Crippen molar-refractivity contribution in [2.24, 2.45) is 0 Å². The van der Waals surface area contributed by atoms with E-state index in [9.17, 15) is 4.79 Å². The summed E-state index contributed by atoms with van der Waals surface area (Å²) in [4.78, 5) is 20.3. The van der Waals surface area contributed by atoms with Crippen LogP contribution in [0.15, 0.2) is 36.7 Å². The molecule has 0 fully saturated rings. The minimum Gasteiger partial charge on any atom is -0.385 e. The number of methoxy groups -OCH3 is 1. The Labute approximate surface area is 136 Å². The topological polar surface area (TPSA) is 76.1 Å². The smallest absolute Gasteiger partial charge is 0.270 e. The van der Waals surface area contributed by atoms with Gasteiger partial charge in [0.15, 0.2) is 0 Å². The van der Waals surface area contributed by atoms with E-state index in [0.29, 0.717) is 24.7 Å². The molecule has 0 aliphatic rings. The number of nitrogens with zero attached hydrogens (tertiary/aromatic N) is 2. The summed E-state index contributed by atoms with van der Waals surface area (Å²) in [5.41, 5.74) is 2.52. The number of carbonyl (C=O) groups is 1. The average Bonchev–Trinajstić information content (AvgIpc) is 2.59. The maximum absolute atomic E-state index is 12.1. The molecule has 0 radical (unpaired) electrons. The molecule has 0 saturated carbocycles. The number of benzene rings is 1. The lowest BCUT2D eigenvalue weighted by molar-refractivity contribution is 0.0943. The van der Waals surface area contributed by atoms with Crippen molar-refractivity contribution in [1.29, 1.82) is 0 Å². The largest absolute Gasteiger partial charge is 0.385 e. The molecule has 1 aromatic heterocycles. The Morgan fingerprint density at radius 3 is 2.87 bits per heavy atom. The minimum absolute atomic E-state index is 0.213. The molecule has 0 spiro atoms. The minimum atomic E-state index is -0.213. The van der Waals surface area contributed by atoms with Crippen molar-refractivity contribution < 1.29 is 9.53 Å². The van der Waals surface area contributed by atoms with E-state index in [1.54, 1.807) is 13.2 Å². The molecule has 0 aliphatic heterocycles. The highest BCUT2D eigenvalue weighted by atomic mass is 16.5. The van der Waals surface area contributed by atoms with Crippen LogP contribution in [0.5, 0.6) is 0 Å². The van der Waals surface area contributed by atoms with Crippen molar-refractivity contribution in [3.63, 3.8) is 0 Å². The normalized spacial score (nSPS) is 10.3. The molecule has 1 heterocycles. The van der Waals surface area contributed by atoms with Crippen LogP contribution in [0.2, 0.25) is 0 Å². The highest BCUT2D eigenvalue weighted by Crippen LogP contribution is 2.19. The van der Waals surface area contributed by atoms with Gasteiger partial charge in [-0.05, 0) is 24.5 Å². The SMILES string of the molecule is CCc1ccccc1Nc1cc(C(=O)NCCCOC)ncn1. The van der Waals surface area contributed by atoms with Crippen LogP contribution in [-0.4, -0.2) is 36.1 Å². The first-order valence-electron chi connectivity index (χ1n) is 7.68. The summed E-state index contributed by atoms with van der Waals surface area (Å²) in [5.74, 6) is 0.387. The van der Waals surface area contributed by atoms with E-state index in [2.05, 4.69) is 33.6 Å². The predicted molar refractivity (Wildman–Crippen MR) is 90.0 cm³/mol. The molecule has 0 atom stereocenters. The second kappa shape index (κ2) is 8.85. The van der Waals surface area contributed by atoms with Gasteiger partial charge in [0.05, 0.1) is 0 Å². The van der Waals surface area contributed by atoms with Crippen molar-refractivity contribution in [3.05, 3.63) is 47.9 Å². The molecule has 1 amide bonds. The molecule has 6 nitrogen and oxygen atoms in total. The highest BCUT2D eigenvalue weighted by Gasteiger charge is 2.09. The molecule has 2 rings (SSSR count). The monoisotopic (exact) mass is 314 g/mol. The van der Waals surface area contributed by atoms with Crippen LogP contribution in [-0.2, 0) is 11.2 Å². The molecular weight excluding hydrogens is 292 g/mol. The molecule has 23 heavy (non-hydrogen) atoms. The molecule has 0 unspecified atom stereocenters. The lowest BCUT2D eigenvalue weighted by Crippen LogP contribution is -2.26. The molecule has 0 saturated heterocycles. The summed E-state index contributed by atoms with van der Waals surface area (Å²) in [6, 6.07) is 9.67. The number of ether oxygens (including phenoxy) is 1. The quantitative estimate of drug-likeness (QED) is 0.732. The Hall–Kier alpha value is -2.47. The first-order chi connectivity index (χ1) is 11.2. The van der Waals surface area contributed by atoms with Gasteiger partial charge in [-0.1, -0.05) is 25.1 Å². The summed E-state index contributed by atoms with van der Waals surface area (Å²) >= 11 is 0. The van der Waals surface area contributed by atoms with Gasteiger partial charge in [0, 0.05) is 32.0 Å². The first kappa shape index (κ1) is 16.9. The van der Waals surface area contributed by atoms with Crippen molar-refractivity contribution >= 4 is 17.4 Å². The molecule has 2 aromatic rings. The van der Waals surface area contributed by atoms with Crippen LogP contribution >= 0.6 is 0 Å². The number of aromatic nitrogens is 2. The Bertz CT molecular complexity index is 646. The molecule has 0 aliphatic carbocycles. The van der Waals surface area contributed by atoms with Crippen LogP contribution in [0.4, 0.5) is 11.5 Å². The number of hydrogen-bond donors (Lipinski definition) is 2. The van der Waals surface area contributed by atoms with Crippen LogP contribution in [0.3, 0.4) is 0 Å². The van der Waals surface area contributed by atoms with Crippen LogP contribution in [0, 0.1) is 0 Å². The number of para-hydroxylation sites is 1. The number of aryl methyl sites for hydroxylation is 1. The molecule has 6 heteroatoms. The fourth-order valence-corrected chi connectivity index (χ4v) is 2.15. The van der Waals surface area contributed by atoms with Gasteiger partial charge in [0.2, 0.25) is 0 Å². The predicted octanol–water partition coefficient (Wildman–Crippen LogP) is 2.55. The van der Waals surface area contributed by atoms with Gasteiger partial charge < -0.3 is 15.4 Å². The highest BCUT2D eigenvalue weighted by molar-refractivity contribution is 5.92. The molecule has 0 bridgehead atoms. The van der Waals surface area contributed by atoms with Gasteiger partial charge in [0.25, 0.3) is 5.91 Å². The third kappa shape index (κ3) is 5.03. The molecule has 2 N–H and O–H groups in total. The van der Waals surface area contributed by atoms with Gasteiger partial charge in [0.1, 0.15) is 17.8 Å². The van der Waals surface area contributed by atoms with Gasteiger partial charge >= 0.3 is 0 Å². The standard InChI is InChI=1S/C17H22N4O2/c1-3-13-7-4-5-8-14(13)21-16-11-15(19-12-20-16)17(22)18-9-6-10-23-2/h4-5,7-8,11-12H,3,6,9-10H2,1-2H3,(H,18,22)(H,19,20,21). The zero-order chi connectivity index (χ0) is 16.5. The van der Waals surface area contributed by atoms with Gasteiger partial charge in [-0.3, -0.25) is 4.79 Å². The van der Waals surface area contributed by atoms with Gasteiger partial charge in [-0.25, -0.2) is 9.97 Å². The van der Waals surface area contributed by atoms with Crippen molar-refractivity contribution in [1.82, 2.24) is 15.3 Å². The van der Waals surface area contributed by atoms with Crippen LogP contribution in [0.25, 0.3) is 0 Å². The third-order valence-corrected chi connectivity index (χ3v) is 3.37. The molecular formula is C17H22N4O2. The summed E-state index contributed by atoms with van der Waals surface area (Å²) in [5, 5.41) is 6.05. The Kier molecular flexibility index (Phi) is 6.50. The fraction of sp³-hybridized carbons (Fsp3) is 0.353. The van der Waals surface area contributed by atoms with E-state index < -0.39 is 0 Å². The van der Waals surface area contributed by atoms with Crippen molar-refractivity contribution in [3.8, 4) is 0 Å². The lowest BCUT2D eigenvalue weighted by Gasteiger charge is -2.10. The third-order valence-electron chi connectivity index (χ3n) is 3.37. The number of hydrogen-bond acceptors (Lipinski definition) is 5. The summed E-state index contributed by atoms with van der Waals surface area (Å²) < 4.78 is 4.95. The van der Waals surface area contributed by atoms with E-state index >= 15 is 0 Å². The van der Waals surface area contributed by atoms with Crippen LogP contribution < -0.4 is 10.6 Å². The van der Waals surface area contributed by atoms with Crippen LogP contribution in [0.1, 0.15) is 29.4 Å². The van der Waals surface area contributed by atoms with E-state index in [1.807, 2.05) is 18.2 Å². The second-order valence-corrected chi connectivity index (χ2v) is 5.03. The molecule has 122 valence electrons. The zero-order valence-corrected chi connectivity index (χ0v) is 13.5. The van der Waals surface area contributed by atoms with E-state index in [4.69, 9.17) is 4.74 Å². The average molecular weight is 314 g/mol. The van der Waals surface area contributed by atoms with E-state index in [0.717, 1.165) is 18.5 Å². The number of rotatable bonds is 8. The molecule has 1 aromatic carbocycles. The Morgan fingerprint density at radius 1 is 1.26 bits per heavy atom. The second-order valence-electron chi connectivity index (χ2n) is 5.03. The summed E-state index contributed by atoms with van der Waals surface area (Å²) in [6.45, 7) is 3.27. The van der Waals surface area contributed by atoms with Gasteiger partial charge in [-0.2, -0.15) is 0 Å². The summed E-state index contributed by atoms with van der Waals surface area (Å²) in [6.07, 6.45) is 3.07. The van der Waals surface area contributed by atoms with E-state index in [-0.39, 0.29) is 5.91 Å². The maximum Gasteiger partial charge on any atom is 0.270 e. The fourth-order valence-electron chi connectivity index (χ4n) is 2.15. The van der Waals surface area contributed by atoms with Crippen molar-refractivity contribution in [2.75, 3.05) is 25.6 Å². The van der Waals surface area contributed by atoms with Gasteiger partial charge in [-0.15, -0.1) is 0 Å². The zero-order valence-electron chi connectivity index (χ0n) is 13.5. The number of amides is 1. The lowest BCUT2D eigenvalue weighted by atomic mass is 10.1. The maximum atomic E-state index is 12.1. The Morgan fingerprint density at radius 2 is 2.09 bits per heavy atom. The number of carbonyl (C=O) groups excluding carboxylic acids is 1.